The molecule has 0 fully saturated rings. The summed E-state index contributed by atoms with van der Waals surface area (Å²) in [6, 6.07) is 2.87. The minimum absolute atomic E-state index is 0.0778. The first kappa shape index (κ1) is 13.9. The quantitative estimate of drug-likeness (QED) is 0.432. The van der Waals surface area contributed by atoms with Gasteiger partial charge in [-0.1, -0.05) is 0 Å². The number of anilines is 1. The molecule has 0 spiro atoms. The molecule has 0 amide bonds. The van der Waals surface area contributed by atoms with Gasteiger partial charge in [-0.2, -0.15) is 0 Å². The highest BCUT2D eigenvalue weighted by Crippen LogP contribution is 2.15. The summed E-state index contributed by atoms with van der Waals surface area (Å²) in [5, 5.41) is 10.5. The van der Waals surface area contributed by atoms with Gasteiger partial charge in [-0.3, -0.25) is 14.9 Å². The Balaban J connectivity index is 2.76. The van der Waals surface area contributed by atoms with Crippen LogP contribution < -0.4 is 4.90 Å². The van der Waals surface area contributed by atoms with Gasteiger partial charge >= 0.3 is 5.97 Å². The number of pyridine rings is 1. The van der Waals surface area contributed by atoms with Crippen molar-refractivity contribution in [3.8, 4) is 0 Å². The van der Waals surface area contributed by atoms with Crippen molar-refractivity contribution in [3.05, 3.63) is 28.4 Å². The smallest absolute Gasteiger partial charge is 0.325 e. The molecule has 7 heteroatoms. The predicted octanol–water partition coefficient (Wildman–Crippen LogP) is 1.38. The molecule has 0 aliphatic rings. The molecule has 0 atom stereocenters. The fraction of sp³-hybridized carbons (Fsp3) is 0.455. The molecular weight excluding hydrogens is 238 g/mol. The molecule has 1 aromatic rings. The summed E-state index contributed by atoms with van der Waals surface area (Å²) in [6.45, 7) is 4.56. The van der Waals surface area contributed by atoms with Crippen LogP contribution in [0, 0.1) is 10.1 Å². The topological polar surface area (TPSA) is 85.6 Å². The molecule has 0 aliphatic heterocycles. The zero-order valence-electron chi connectivity index (χ0n) is 10.3. The Morgan fingerprint density at radius 2 is 2.22 bits per heavy atom. The molecule has 0 aromatic carbocycles. The maximum atomic E-state index is 11.4. The van der Waals surface area contributed by atoms with Gasteiger partial charge in [-0.15, -0.1) is 0 Å². The van der Waals surface area contributed by atoms with Gasteiger partial charge < -0.3 is 9.64 Å². The molecular formula is C11H15N3O4. The van der Waals surface area contributed by atoms with Crippen molar-refractivity contribution >= 4 is 17.5 Å². The second-order valence-electron chi connectivity index (χ2n) is 3.45. The number of nitrogens with zero attached hydrogens (tertiary/aromatic N) is 3. The van der Waals surface area contributed by atoms with Crippen molar-refractivity contribution in [3.63, 3.8) is 0 Å². The van der Waals surface area contributed by atoms with Gasteiger partial charge in [0.15, 0.2) is 0 Å². The number of ether oxygens (including phenoxy) is 1. The van der Waals surface area contributed by atoms with E-state index >= 15 is 0 Å². The van der Waals surface area contributed by atoms with Crippen molar-refractivity contribution in [2.75, 3.05) is 24.6 Å². The monoisotopic (exact) mass is 253 g/mol. The molecule has 0 bridgehead atoms. The van der Waals surface area contributed by atoms with Crippen LogP contribution in [0.5, 0.6) is 0 Å². The number of carbonyl (C=O) groups excluding carboxylic acids is 1. The highest BCUT2D eigenvalue weighted by molar-refractivity contribution is 5.75. The zero-order chi connectivity index (χ0) is 13.5. The summed E-state index contributed by atoms with van der Waals surface area (Å²) in [7, 11) is 0. The van der Waals surface area contributed by atoms with E-state index in [2.05, 4.69) is 4.98 Å². The van der Waals surface area contributed by atoms with Crippen LogP contribution in [0.4, 0.5) is 11.5 Å². The van der Waals surface area contributed by atoms with Gasteiger partial charge in [0.2, 0.25) is 0 Å². The number of esters is 1. The fourth-order valence-corrected chi connectivity index (χ4v) is 1.39. The summed E-state index contributed by atoms with van der Waals surface area (Å²) in [6.07, 6.45) is 1.17. The average Bonchev–Trinajstić information content (AvgIpc) is 2.36. The maximum absolute atomic E-state index is 11.4. The fourth-order valence-electron chi connectivity index (χ4n) is 1.39. The minimum atomic E-state index is -0.515. The van der Waals surface area contributed by atoms with Crippen LogP contribution in [0.1, 0.15) is 13.8 Å². The first-order valence-corrected chi connectivity index (χ1v) is 5.59. The van der Waals surface area contributed by atoms with Gasteiger partial charge in [0.1, 0.15) is 18.6 Å². The Kier molecular flexibility index (Phi) is 5.04. The standard InChI is InChI=1S/C11H15N3O4/c1-3-13(8-11(15)18-4-2)10-6-5-9(7-12-10)14(16)17/h5-7H,3-4,8H2,1-2H3. The largest absolute Gasteiger partial charge is 0.465 e. The second kappa shape index (κ2) is 6.53. The minimum Gasteiger partial charge on any atom is -0.465 e. The number of nitro groups is 1. The Morgan fingerprint density at radius 3 is 2.67 bits per heavy atom. The highest BCUT2D eigenvalue weighted by Gasteiger charge is 2.13. The summed E-state index contributed by atoms with van der Waals surface area (Å²) in [5.74, 6) is 0.163. The molecule has 1 rings (SSSR count). The third-order valence-electron chi connectivity index (χ3n) is 2.27. The van der Waals surface area contributed by atoms with Crippen molar-refractivity contribution in [2.45, 2.75) is 13.8 Å². The van der Waals surface area contributed by atoms with Gasteiger partial charge in [0.25, 0.3) is 5.69 Å². The van der Waals surface area contributed by atoms with Gasteiger partial charge in [-0.05, 0) is 19.9 Å². The summed E-state index contributed by atoms with van der Waals surface area (Å²) in [4.78, 5) is 27.0. The van der Waals surface area contributed by atoms with Crippen LogP contribution in [0.3, 0.4) is 0 Å². The van der Waals surface area contributed by atoms with E-state index in [9.17, 15) is 14.9 Å². The number of likely N-dealkylation sites (N-methyl/N-ethyl adjacent to an activating group) is 1. The lowest BCUT2D eigenvalue weighted by Gasteiger charge is -2.20. The molecule has 0 radical (unpaired) electrons. The molecule has 18 heavy (non-hydrogen) atoms. The van der Waals surface area contributed by atoms with Crippen LogP contribution in [-0.2, 0) is 9.53 Å². The van der Waals surface area contributed by atoms with Crippen LogP contribution in [0.2, 0.25) is 0 Å². The molecule has 0 unspecified atom stereocenters. The van der Waals surface area contributed by atoms with Crippen LogP contribution >= 0.6 is 0 Å². The summed E-state index contributed by atoms with van der Waals surface area (Å²) < 4.78 is 4.84. The van der Waals surface area contributed by atoms with Gasteiger partial charge in [0, 0.05) is 12.6 Å². The highest BCUT2D eigenvalue weighted by atomic mass is 16.6. The van der Waals surface area contributed by atoms with Crippen LogP contribution in [0.25, 0.3) is 0 Å². The predicted molar refractivity (Wildman–Crippen MR) is 65.4 cm³/mol. The first-order valence-electron chi connectivity index (χ1n) is 5.59. The Hall–Kier alpha value is -2.18. The van der Waals surface area contributed by atoms with E-state index in [1.54, 1.807) is 11.8 Å². The van der Waals surface area contributed by atoms with Crippen molar-refractivity contribution < 1.29 is 14.5 Å². The molecule has 98 valence electrons. The lowest BCUT2D eigenvalue weighted by Crippen LogP contribution is -2.31. The summed E-state index contributed by atoms with van der Waals surface area (Å²) in [5.41, 5.74) is -0.0778. The van der Waals surface area contributed by atoms with Crippen molar-refractivity contribution in [2.24, 2.45) is 0 Å². The molecule has 1 aromatic heterocycles. The van der Waals surface area contributed by atoms with E-state index in [4.69, 9.17) is 4.74 Å². The molecule has 7 nitrogen and oxygen atoms in total. The Labute approximate surface area is 105 Å². The van der Waals surface area contributed by atoms with E-state index in [0.29, 0.717) is 19.0 Å². The third kappa shape index (κ3) is 3.69. The lowest BCUT2D eigenvalue weighted by atomic mass is 10.3. The molecule has 0 aliphatic carbocycles. The molecule has 1 heterocycles. The maximum Gasteiger partial charge on any atom is 0.325 e. The van der Waals surface area contributed by atoms with Gasteiger partial charge in [0.05, 0.1) is 11.5 Å². The van der Waals surface area contributed by atoms with E-state index in [-0.39, 0.29) is 18.2 Å². The van der Waals surface area contributed by atoms with Crippen molar-refractivity contribution in [1.29, 1.82) is 0 Å². The normalized spacial score (nSPS) is 9.89. The number of rotatable bonds is 6. The SMILES string of the molecule is CCOC(=O)CN(CC)c1ccc([N+](=O)[O-])cn1. The zero-order valence-corrected chi connectivity index (χ0v) is 10.3. The number of hydrogen-bond donors (Lipinski definition) is 0. The molecule has 0 saturated carbocycles. The second-order valence-corrected chi connectivity index (χ2v) is 3.45. The third-order valence-corrected chi connectivity index (χ3v) is 2.27. The van der Waals surface area contributed by atoms with Crippen LogP contribution in [-0.4, -0.2) is 35.6 Å². The van der Waals surface area contributed by atoms with E-state index < -0.39 is 4.92 Å². The molecule has 0 saturated heterocycles. The number of hydrogen-bond acceptors (Lipinski definition) is 6. The van der Waals surface area contributed by atoms with E-state index in [1.807, 2.05) is 6.92 Å². The average molecular weight is 253 g/mol. The summed E-state index contributed by atoms with van der Waals surface area (Å²) >= 11 is 0. The first-order chi connectivity index (χ1) is 8.58. The van der Waals surface area contributed by atoms with E-state index in [0.717, 1.165) is 0 Å². The van der Waals surface area contributed by atoms with Crippen LogP contribution in [0.15, 0.2) is 18.3 Å². The molecule has 0 N–H and O–H groups in total. The van der Waals surface area contributed by atoms with E-state index in [1.165, 1.54) is 18.3 Å². The number of carbonyl (C=O) groups is 1. The van der Waals surface area contributed by atoms with Crippen molar-refractivity contribution in [1.82, 2.24) is 4.98 Å². The number of aromatic nitrogens is 1. The lowest BCUT2D eigenvalue weighted by molar-refractivity contribution is -0.385. The Bertz CT molecular complexity index is 419. The Morgan fingerprint density at radius 1 is 1.50 bits per heavy atom. The van der Waals surface area contributed by atoms with Gasteiger partial charge in [-0.25, -0.2) is 4.98 Å².